The predicted octanol–water partition coefficient (Wildman–Crippen LogP) is 3.04. The maximum atomic E-state index is 12.8. The molecule has 1 amide bonds. The third kappa shape index (κ3) is 2.88. The Labute approximate surface area is 122 Å². The molecule has 0 aliphatic carbocycles. The number of anilines is 1. The highest BCUT2D eigenvalue weighted by molar-refractivity contribution is 5.98. The highest BCUT2D eigenvalue weighted by atomic mass is 16.2. The summed E-state index contributed by atoms with van der Waals surface area (Å²) in [6.45, 7) is 9.42. The van der Waals surface area contributed by atoms with Crippen molar-refractivity contribution in [3.8, 4) is 0 Å². The van der Waals surface area contributed by atoms with Crippen molar-refractivity contribution in [3.05, 3.63) is 29.3 Å². The molecule has 2 rings (SSSR count). The maximum Gasteiger partial charge on any atom is 0.244 e. The molecule has 3 heteroatoms. The molecule has 20 heavy (non-hydrogen) atoms. The molecular formula is C17H26N2O. The fraction of sp³-hybridized carbons (Fsp3) is 0.588. The van der Waals surface area contributed by atoms with Crippen LogP contribution in [-0.4, -0.2) is 25.5 Å². The predicted molar refractivity (Wildman–Crippen MR) is 84.1 cm³/mol. The molecule has 1 unspecified atom stereocenters. The molecule has 0 radical (unpaired) electrons. The monoisotopic (exact) mass is 274 g/mol. The molecule has 1 atom stereocenters. The summed E-state index contributed by atoms with van der Waals surface area (Å²) in [5.41, 5.74) is 3.39. The van der Waals surface area contributed by atoms with Gasteiger partial charge in [0.05, 0.1) is 6.04 Å². The van der Waals surface area contributed by atoms with Gasteiger partial charge in [-0.3, -0.25) is 4.79 Å². The van der Waals surface area contributed by atoms with Crippen LogP contribution in [0.1, 0.15) is 37.8 Å². The molecule has 1 saturated heterocycles. The summed E-state index contributed by atoms with van der Waals surface area (Å²) < 4.78 is 0. The average molecular weight is 274 g/mol. The van der Waals surface area contributed by atoms with Crippen molar-refractivity contribution in [1.82, 2.24) is 5.32 Å². The van der Waals surface area contributed by atoms with Gasteiger partial charge in [0.25, 0.3) is 0 Å². The van der Waals surface area contributed by atoms with Crippen molar-refractivity contribution < 1.29 is 4.79 Å². The number of benzene rings is 1. The third-order valence-electron chi connectivity index (χ3n) is 4.42. The Morgan fingerprint density at radius 2 is 2.05 bits per heavy atom. The first-order chi connectivity index (χ1) is 9.33. The second kappa shape index (κ2) is 5.57. The number of amides is 1. The van der Waals surface area contributed by atoms with E-state index in [2.05, 4.69) is 45.1 Å². The van der Waals surface area contributed by atoms with Crippen molar-refractivity contribution in [2.45, 2.75) is 46.6 Å². The Bertz CT molecular complexity index is 508. The van der Waals surface area contributed by atoms with E-state index in [0.29, 0.717) is 0 Å². The number of piperidine rings is 1. The molecule has 1 aliphatic rings. The van der Waals surface area contributed by atoms with Gasteiger partial charge < -0.3 is 10.2 Å². The van der Waals surface area contributed by atoms with Crippen molar-refractivity contribution in [1.29, 1.82) is 0 Å². The molecule has 1 aromatic rings. The van der Waals surface area contributed by atoms with Crippen LogP contribution in [0, 0.1) is 19.3 Å². The van der Waals surface area contributed by atoms with Crippen LogP contribution in [0.15, 0.2) is 18.2 Å². The van der Waals surface area contributed by atoms with Gasteiger partial charge in [-0.15, -0.1) is 0 Å². The van der Waals surface area contributed by atoms with E-state index in [4.69, 9.17) is 0 Å². The van der Waals surface area contributed by atoms with Crippen molar-refractivity contribution in [2.24, 2.45) is 5.41 Å². The summed E-state index contributed by atoms with van der Waals surface area (Å²) in [6.07, 6.45) is 2.24. The van der Waals surface area contributed by atoms with E-state index in [-0.39, 0.29) is 17.4 Å². The number of aryl methyl sites for hydroxylation is 2. The zero-order valence-electron chi connectivity index (χ0n) is 13.3. The van der Waals surface area contributed by atoms with Crippen LogP contribution < -0.4 is 10.2 Å². The Kier molecular flexibility index (Phi) is 4.19. The minimum Gasteiger partial charge on any atom is -0.314 e. The summed E-state index contributed by atoms with van der Waals surface area (Å²) in [5, 5.41) is 3.40. The number of carbonyl (C=O) groups is 1. The topological polar surface area (TPSA) is 32.3 Å². The first-order valence-corrected chi connectivity index (χ1v) is 7.41. The van der Waals surface area contributed by atoms with Gasteiger partial charge in [0.15, 0.2) is 0 Å². The SMILES string of the molecule is Cc1ccc(N(C)C(=O)C2NCCCC2(C)C)c(C)c1. The maximum absolute atomic E-state index is 12.8. The van der Waals surface area contributed by atoms with Crippen LogP contribution in [0.3, 0.4) is 0 Å². The fourth-order valence-corrected chi connectivity index (χ4v) is 3.13. The zero-order chi connectivity index (χ0) is 14.9. The number of hydrogen-bond acceptors (Lipinski definition) is 2. The van der Waals surface area contributed by atoms with Gasteiger partial charge in [-0.1, -0.05) is 31.5 Å². The summed E-state index contributed by atoms with van der Waals surface area (Å²) in [5.74, 6) is 0.168. The van der Waals surface area contributed by atoms with Gasteiger partial charge in [0.2, 0.25) is 5.91 Å². The van der Waals surface area contributed by atoms with E-state index in [1.165, 1.54) is 5.56 Å². The number of nitrogens with one attached hydrogen (secondary N) is 1. The molecule has 1 N–H and O–H groups in total. The standard InChI is InChI=1S/C17H26N2O/c1-12-7-8-14(13(2)11-12)19(5)16(20)15-17(3,4)9-6-10-18-15/h7-8,11,15,18H,6,9-10H2,1-5H3. The number of nitrogens with zero attached hydrogens (tertiary/aromatic N) is 1. The van der Waals surface area contributed by atoms with Crippen LogP contribution in [0.25, 0.3) is 0 Å². The van der Waals surface area contributed by atoms with Gasteiger partial charge in [-0.2, -0.15) is 0 Å². The summed E-state index contributed by atoms with van der Waals surface area (Å²) >= 11 is 0. The van der Waals surface area contributed by atoms with Crippen LogP contribution in [-0.2, 0) is 4.79 Å². The van der Waals surface area contributed by atoms with E-state index in [0.717, 1.165) is 30.6 Å². The second-order valence-electron chi connectivity index (χ2n) is 6.67. The third-order valence-corrected chi connectivity index (χ3v) is 4.42. The summed E-state index contributed by atoms with van der Waals surface area (Å²) in [4.78, 5) is 14.6. The highest BCUT2D eigenvalue weighted by Gasteiger charge is 2.38. The summed E-state index contributed by atoms with van der Waals surface area (Å²) in [6, 6.07) is 6.13. The Morgan fingerprint density at radius 1 is 1.35 bits per heavy atom. The van der Waals surface area contributed by atoms with Crippen molar-refractivity contribution in [3.63, 3.8) is 0 Å². The Morgan fingerprint density at radius 3 is 2.65 bits per heavy atom. The van der Waals surface area contributed by atoms with Crippen LogP contribution >= 0.6 is 0 Å². The minimum absolute atomic E-state index is 0.0161. The lowest BCUT2D eigenvalue weighted by molar-refractivity contribution is -0.123. The largest absolute Gasteiger partial charge is 0.314 e. The lowest BCUT2D eigenvalue weighted by Crippen LogP contribution is -2.56. The highest BCUT2D eigenvalue weighted by Crippen LogP contribution is 2.32. The smallest absolute Gasteiger partial charge is 0.244 e. The van der Waals surface area contributed by atoms with E-state index < -0.39 is 0 Å². The average Bonchev–Trinajstić information content (AvgIpc) is 2.37. The first kappa shape index (κ1) is 15.0. The first-order valence-electron chi connectivity index (χ1n) is 7.41. The molecule has 3 nitrogen and oxygen atoms in total. The number of carbonyl (C=O) groups excluding carboxylic acids is 1. The molecule has 0 bridgehead atoms. The Hall–Kier alpha value is -1.35. The van der Waals surface area contributed by atoms with Gasteiger partial charge >= 0.3 is 0 Å². The van der Waals surface area contributed by atoms with Crippen LogP contribution in [0.2, 0.25) is 0 Å². The van der Waals surface area contributed by atoms with Crippen molar-refractivity contribution in [2.75, 3.05) is 18.5 Å². The molecule has 1 aromatic carbocycles. The lowest BCUT2D eigenvalue weighted by Gasteiger charge is -2.40. The number of likely N-dealkylation sites (N-methyl/N-ethyl adjacent to an activating group) is 1. The molecule has 110 valence electrons. The number of hydrogen-bond donors (Lipinski definition) is 1. The van der Waals surface area contributed by atoms with Crippen LogP contribution in [0.5, 0.6) is 0 Å². The molecule has 0 saturated carbocycles. The molecule has 0 spiro atoms. The molecule has 0 aromatic heterocycles. The quantitative estimate of drug-likeness (QED) is 0.899. The van der Waals surface area contributed by atoms with Gasteiger partial charge in [0, 0.05) is 12.7 Å². The van der Waals surface area contributed by atoms with Gasteiger partial charge in [0.1, 0.15) is 0 Å². The summed E-state index contributed by atoms with van der Waals surface area (Å²) in [7, 11) is 1.88. The molecule has 1 aliphatic heterocycles. The second-order valence-corrected chi connectivity index (χ2v) is 6.67. The van der Waals surface area contributed by atoms with Gasteiger partial charge in [-0.05, 0) is 50.3 Å². The number of rotatable bonds is 2. The van der Waals surface area contributed by atoms with Crippen molar-refractivity contribution >= 4 is 11.6 Å². The Balaban J connectivity index is 2.23. The zero-order valence-corrected chi connectivity index (χ0v) is 13.3. The molecular weight excluding hydrogens is 248 g/mol. The van der Waals surface area contributed by atoms with E-state index in [1.807, 2.05) is 13.1 Å². The lowest BCUT2D eigenvalue weighted by atomic mass is 9.77. The molecule has 1 heterocycles. The molecule has 1 fully saturated rings. The van der Waals surface area contributed by atoms with E-state index in [1.54, 1.807) is 4.90 Å². The van der Waals surface area contributed by atoms with Gasteiger partial charge in [-0.25, -0.2) is 0 Å². The van der Waals surface area contributed by atoms with Crippen LogP contribution in [0.4, 0.5) is 5.69 Å². The fourth-order valence-electron chi connectivity index (χ4n) is 3.13. The van der Waals surface area contributed by atoms with E-state index >= 15 is 0 Å². The minimum atomic E-state index is -0.0954. The normalized spacial score (nSPS) is 21.6. The van der Waals surface area contributed by atoms with E-state index in [9.17, 15) is 4.79 Å².